The number of hydrogen-bond donors (Lipinski definition) is 0. The predicted octanol–water partition coefficient (Wildman–Crippen LogP) is -0.345. The van der Waals surface area contributed by atoms with E-state index in [1.807, 2.05) is 0 Å². The summed E-state index contributed by atoms with van der Waals surface area (Å²) in [7, 11) is 3.15. The Hall–Kier alpha value is -0.710. The van der Waals surface area contributed by atoms with Crippen LogP contribution < -0.4 is 14.4 Å². The van der Waals surface area contributed by atoms with Crippen LogP contribution >= 0.6 is 15.9 Å². The molecule has 5 heteroatoms. The normalized spacial score (nSPS) is 9.50. The van der Waals surface area contributed by atoms with Gasteiger partial charge in [-0.05, 0) is 9.46 Å². The fourth-order valence-corrected chi connectivity index (χ4v) is 1.14. The van der Waals surface area contributed by atoms with Crippen LogP contribution in [0.3, 0.4) is 0 Å². The zero-order chi connectivity index (χ0) is 7.56. The van der Waals surface area contributed by atoms with Gasteiger partial charge in [-0.15, -0.1) is 0 Å². The third-order valence-corrected chi connectivity index (χ3v) is 1.79. The molecule has 0 amide bonds. The molecule has 4 nitrogen and oxygen atoms in total. The Bertz CT molecular complexity index is 202. The molecule has 0 saturated carbocycles. The highest BCUT2D eigenvalue weighted by molar-refractivity contribution is 9.10. The molecule has 0 aromatic carbocycles. The van der Waals surface area contributed by atoms with E-state index in [2.05, 4.69) is 15.9 Å². The lowest BCUT2D eigenvalue weighted by atomic mass is 11.0. The van der Waals surface area contributed by atoms with Crippen molar-refractivity contribution in [3.05, 3.63) is 17.1 Å². The first-order valence-electron chi connectivity index (χ1n) is 2.67. The second-order valence-corrected chi connectivity index (χ2v) is 2.29. The monoisotopic (exact) mass is 207 g/mol. The molecule has 0 fully saturated rings. The van der Waals surface area contributed by atoms with E-state index in [4.69, 9.17) is 9.68 Å². The van der Waals surface area contributed by atoms with Gasteiger partial charge in [0.05, 0.1) is 15.9 Å². The van der Waals surface area contributed by atoms with Crippen molar-refractivity contribution in [2.24, 2.45) is 0 Å². The molecule has 0 N–H and O–H groups in total. The van der Waals surface area contributed by atoms with Gasteiger partial charge in [0.1, 0.15) is 14.2 Å². The second kappa shape index (κ2) is 2.92. The van der Waals surface area contributed by atoms with Crippen molar-refractivity contribution in [3.63, 3.8) is 0 Å². The first-order chi connectivity index (χ1) is 4.79. The molecule has 0 bridgehead atoms. The molecule has 10 heavy (non-hydrogen) atoms. The summed E-state index contributed by atoms with van der Waals surface area (Å²) in [5.41, 5.74) is 0. The number of aromatic nitrogens is 2. The van der Waals surface area contributed by atoms with E-state index in [1.54, 1.807) is 26.6 Å². The van der Waals surface area contributed by atoms with Crippen LogP contribution in [0.2, 0.25) is 0 Å². The van der Waals surface area contributed by atoms with Gasteiger partial charge < -0.3 is 9.68 Å². The molecule has 1 heterocycles. The van der Waals surface area contributed by atoms with E-state index in [0.29, 0.717) is 4.73 Å². The molecule has 56 valence electrons. The van der Waals surface area contributed by atoms with Crippen molar-refractivity contribution in [3.8, 4) is 0 Å². The van der Waals surface area contributed by atoms with Gasteiger partial charge >= 0.3 is 4.73 Å². The molecular weight excluding hydrogens is 200 g/mol. The van der Waals surface area contributed by atoms with E-state index in [-0.39, 0.29) is 0 Å². The maximum atomic E-state index is 4.90. The molecule has 0 radical (unpaired) electrons. The number of nitrogens with zero attached hydrogens (tertiary/aromatic N) is 2. The summed E-state index contributed by atoms with van der Waals surface area (Å²) in [6, 6.07) is 0. The van der Waals surface area contributed by atoms with E-state index < -0.39 is 0 Å². The fraction of sp³-hybridized carbons (Fsp3) is 0.400. The van der Waals surface area contributed by atoms with E-state index >= 15 is 0 Å². The molecule has 0 aliphatic heterocycles. The summed E-state index contributed by atoms with van der Waals surface area (Å²) in [5.74, 6) is 0. The van der Waals surface area contributed by atoms with Crippen LogP contribution in [0.1, 0.15) is 0 Å². The fourth-order valence-electron chi connectivity index (χ4n) is 0.614. The Morgan fingerprint density at radius 2 is 2.30 bits per heavy atom. The Kier molecular flexibility index (Phi) is 2.16. The van der Waals surface area contributed by atoms with Gasteiger partial charge in [-0.3, -0.25) is 0 Å². The standard InChI is InChI=1S/C5H8BrN2O2/c1-9-7-3-4-8(10-2)5(7)6/h3-4H,1-2H3/q+1. The maximum Gasteiger partial charge on any atom is 0.403 e. The van der Waals surface area contributed by atoms with Crippen molar-refractivity contribution in [2.45, 2.75) is 0 Å². The Morgan fingerprint density at radius 1 is 1.60 bits per heavy atom. The minimum atomic E-state index is 0.706. The molecule has 0 atom stereocenters. The number of imidazole rings is 1. The lowest BCUT2D eigenvalue weighted by Crippen LogP contribution is -2.40. The van der Waals surface area contributed by atoms with Crippen molar-refractivity contribution in [1.82, 2.24) is 4.73 Å². The van der Waals surface area contributed by atoms with Crippen molar-refractivity contribution in [2.75, 3.05) is 14.2 Å². The zero-order valence-electron chi connectivity index (χ0n) is 5.74. The molecule has 0 aliphatic rings. The van der Waals surface area contributed by atoms with E-state index in [1.165, 1.54) is 9.46 Å². The summed E-state index contributed by atoms with van der Waals surface area (Å²) >= 11 is 3.25. The summed E-state index contributed by atoms with van der Waals surface area (Å²) in [6.45, 7) is 0. The summed E-state index contributed by atoms with van der Waals surface area (Å²) < 4.78 is 3.77. The summed E-state index contributed by atoms with van der Waals surface area (Å²) in [5, 5.41) is 0. The number of halogens is 1. The van der Waals surface area contributed by atoms with Gasteiger partial charge in [0.15, 0.2) is 12.4 Å². The van der Waals surface area contributed by atoms with Crippen molar-refractivity contribution >= 4 is 15.9 Å². The third-order valence-electron chi connectivity index (χ3n) is 1.09. The number of rotatable bonds is 2. The average Bonchev–Trinajstić information content (AvgIpc) is 2.30. The average molecular weight is 208 g/mol. The van der Waals surface area contributed by atoms with Crippen LogP contribution in [-0.4, -0.2) is 19.0 Å². The maximum absolute atomic E-state index is 4.90. The SMILES string of the molecule is COn1cc[n+](OC)c1Br. The highest BCUT2D eigenvalue weighted by Crippen LogP contribution is 1.99. The predicted molar refractivity (Wildman–Crippen MR) is 37.3 cm³/mol. The van der Waals surface area contributed by atoms with Crippen LogP contribution in [0.4, 0.5) is 0 Å². The third kappa shape index (κ3) is 1.09. The van der Waals surface area contributed by atoms with Gasteiger partial charge in [-0.1, -0.05) is 0 Å². The summed E-state index contributed by atoms with van der Waals surface area (Å²) in [6.07, 6.45) is 3.46. The minimum absolute atomic E-state index is 0.706. The topological polar surface area (TPSA) is 27.3 Å². The van der Waals surface area contributed by atoms with Gasteiger partial charge in [0.2, 0.25) is 0 Å². The Morgan fingerprint density at radius 3 is 2.60 bits per heavy atom. The lowest BCUT2D eigenvalue weighted by molar-refractivity contribution is -0.894. The smallest absolute Gasteiger partial charge is 0.338 e. The molecular formula is C5H8BrN2O2+. The zero-order valence-corrected chi connectivity index (χ0v) is 7.33. The minimum Gasteiger partial charge on any atom is -0.338 e. The first-order valence-corrected chi connectivity index (χ1v) is 3.46. The van der Waals surface area contributed by atoms with Gasteiger partial charge in [-0.25, -0.2) is 0 Å². The molecule has 0 saturated heterocycles. The quantitative estimate of drug-likeness (QED) is 0.621. The van der Waals surface area contributed by atoms with E-state index in [0.717, 1.165) is 0 Å². The van der Waals surface area contributed by atoms with Crippen molar-refractivity contribution < 1.29 is 14.4 Å². The second-order valence-electron chi connectivity index (χ2n) is 1.58. The van der Waals surface area contributed by atoms with Crippen LogP contribution in [0, 0.1) is 0 Å². The molecule has 1 aromatic heterocycles. The van der Waals surface area contributed by atoms with Gasteiger partial charge in [0.25, 0.3) is 0 Å². The van der Waals surface area contributed by atoms with Crippen molar-refractivity contribution in [1.29, 1.82) is 0 Å². The van der Waals surface area contributed by atoms with Crippen LogP contribution in [0.15, 0.2) is 17.1 Å². The van der Waals surface area contributed by atoms with Crippen LogP contribution in [-0.2, 0) is 0 Å². The molecule has 0 unspecified atom stereocenters. The van der Waals surface area contributed by atoms with Crippen LogP contribution in [0.25, 0.3) is 0 Å². The van der Waals surface area contributed by atoms with Gasteiger partial charge in [-0.2, -0.15) is 0 Å². The highest BCUT2D eigenvalue weighted by atomic mass is 79.9. The van der Waals surface area contributed by atoms with E-state index in [9.17, 15) is 0 Å². The van der Waals surface area contributed by atoms with Crippen LogP contribution in [0.5, 0.6) is 0 Å². The Balaban J connectivity index is 2.97. The number of hydrogen-bond acceptors (Lipinski definition) is 2. The Labute approximate surface area is 67.0 Å². The summed E-state index contributed by atoms with van der Waals surface area (Å²) in [4.78, 5) is 9.79. The lowest BCUT2D eigenvalue weighted by Gasteiger charge is -1.92. The molecule has 1 rings (SSSR count). The first kappa shape index (κ1) is 7.40. The highest BCUT2D eigenvalue weighted by Gasteiger charge is 2.14. The van der Waals surface area contributed by atoms with Gasteiger partial charge in [0, 0.05) is 0 Å². The molecule has 0 aliphatic carbocycles. The largest absolute Gasteiger partial charge is 0.403 e. The molecule has 0 spiro atoms. The molecule has 1 aromatic rings.